The summed E-state index contributed by atoms with van der Waals surface area (Å²) in [6.07, 6.45) is 7.08. The van der Waals surface area contributed by atoms with Crippen molar-refractivity contribution in [2.24, 2.45) is 11.8 Å². The van der Waals surface area contributed by atoms with Gasteiger partial charge in [-0.15, -0.1) is 0 Å². The number of aromatic amines is 1. The Labute approximate surface area is 170 Å². The summed E-state index contributed by atoms with van der Waals surface area (Å²) >= 11 is 0. The quantitative estimate of drug-likeness (QED) is 0.717. The lowest BCUT2D eigenvalue weighted by Gasteiger charge is -2.49. The van der Waals surface area contributed by atoms with E-state index >= 15 is 0 Å². The van der Waals surface area contributed by atoms with E-state index in [4.69, 9.17) is 5.10 Å². The molecule has 2 N–H and O–H groups in total. The predicted molar refractivity (Wildman–Crippen MR) is 109 cm³/mol. The minimum Gasteiger partial charge on any atom is -0.394 e. The molecule has 0 radical (unpaired) electrons. The number of hydrogen-bond donors (Lipinski definition) is 2. The first-order chi connectivity index (χ1) is 14.1. The van der Waals surface area contributed by atoms with Gasteiger partial charge in [-0.2, -0.15) is 10.2 Å². The molecule has 3 atom stereocenters. The van der Waals surface area contributed by atoms with Gasteiger partial charge in [-0.25, -0.2) is 0 Å². The number of Topliss-reactive ketones (excluding diaryl/α,β-unsaturated/α-hetero) is 1. The van der Waals surface area contributed by atoms with E-state index in [1.807, 2.05) is 18.5 Å². The zero-order valence-electron chi connectivity index (χ0n) is 16.6. The zero-order valence-corrected chi connectivity index (χ0v) is 16.6. The van der Waals surface area contributed by atoms with Crippen LogP contribution in [0.4, 0.5) is 0 Å². The van der Waals surface area contributed by atoms with E-state index in [0.29, 0.717) is 18.7 Å². The van der Waals surface area contributed by atoms with Crippen LogP contribution in [0.2, 0.25) is 0 Å². The van der Waals surface area contributed by atoms with Crippen LogP contribution in [0.3, 0.4) is 0 Å². The molecule has 0 spiro atoms. The van der Waals surface area contributed by atoms with E-state index in [2.05, 4.69) is 41.4 Å². The number of H-pyrrole nitrogens is 1. The molecule has 5 rings (SSSR count). The second kappa shape index (κ2) is 6.95. The van der Waals surface area contributed by atoms with Crippen molar-refractivity contribution < 1.29 is 9.90 Å². The maximum atomic E-state index is 12.6. The molecule has 29 heavy (non-hydrogen) atoms. The van der Waals surface area contributed by atoms with Crippen LogP contribution in [0.5, 0.6) is 0 Å². The Kier molecular flexibility index (Phi) is 4.39. The van der Waals surface area contributed by atoms with E-state index in [1.165, 1.54) is 16.8 Å². The highest BCUT2D eigenvalue weighted by molar-refractivity contribution is 5.83. The van der Waals surface area contributed by atoms with E-state index < -0.39 is 0 Å². The standard InChI is InChI=1S/C23H26N4O2/c1-15-19-8-7-18-21(16-13-24-27(14-16)11-12-28)25-26-22(18)23(19,10-9-20(15)29)17-5-3-2-4-6-17/h2-6,13-15,19,28H,7-12H2,1H3,(H,25,26)/t15-,19-,23+/m0/s1. The number of aromatic nitrogens is 4. The minimum atomic E-state index is -0.200. The molecule has 2 heterocycles. The third kappa shape index (κ3) is 2.69. The minimum absolute atomic E-state index is 0.0520. The highest BCUT2D eigenvalue weighted by atomic mass is 16.3. The summed E-state index contributed by atoms with van der Waals surface area (Å²) in [6, 6.07) is 10.6. The number of carbonyl (C=O) groups is 1. The highest BCUT2D eigenvalue weighted by Crippen LogP contribution is 2.55. The Morgan fingerprint density at radius 3 is 2.90 bits per heavy atom. The summed E-state index contributed by atoms with van der Waals surface area (Å²) in [5, 5.41) is 21.6. The average molecular weight is 390 g/mol. The van der Waals surface area contributed by atoms with Crippen molar-refractivity contribution in [1.29, 1.82) is 0 Å². The largest absolute Gasteiger partial charge is 0.394 e. The van der Waals surface area contributed by atoms with Crippen LogP contribution >= 0.6 is 0 Å². The van der Waals surface area contributed by atoms with Crippen molar-refractivity contribution in [3.8, 4) is 11.3 Å². The van der Waals surface area contributed by atoms with Gasteiger partial charge in [0.2, 0.25) is 0 Å². The molecule has 0 aliphatic heterocycles. The van der Waals surface area contributed by atoms with Gasteiger partial charge < -0.3 is 5.11 Å². The third-order valence-corrected chi connectivity index (χ3v) is 7.05. The zero-order chi connectivity index (χ0) is 20.0. The number of nitrogens with zero attached hydrogens (tertiary/aromatic N) is 3. The molecule has 2 aliphatic rings. The Balaban J connectivity index is 1.66. The van der Waals surface area contributed by atoms with E-state index in [1.54, 1.807) is 4.68 Å². The van der Waals surface area contributed by atoms with Crippen molar-refractivity contribution in [2.45, 2.75) is 44.6 Å². The van der Waals surface area contributed by atoms with Crippen LogP contribution in [-0.2, 0) is 23.2 Å². The molecule has 0 unspecified atom stereocenters. The molecule has 150 valence electrons. The maximum absolute atomic E-state index is 12.6. The average Bonchev–Trinajstić information content (AvgIpc) is 3.38. The third-order valence-electron chi connectivity index (χ3n) is 7.05. The first kappa shape index (κ1) is 18.3. The fraction of sp³-hybridized carbons (Fsp3) is 0.435. The summed E-state index contributed by atoms with van der Waals surface area (Å²) in [5.41, 5.74) is 5.41. The number of ketones is 1. The monoisotopic (exact) mass is 390 g/mol. The van der Waals surface area contributed by atoms with Gasteiger partial charge in [0.25, 0.3) is 0 Å². The van der Waals surface area contributed by atoms with Crippen molar-refractivity contribution in [3.63, 3.8) is 0 Å². The molecule has 1 saturated carbocycles. The number of nitrogens with one attached hydrogen (secondary N) is 1. The number of benzene rings is 1. The van der Waals surface area contributed by atoms with Gasteiger partial charge in [0.05, 0.1) is 25.0 Å². The van der Waals surface area contributed by atoms with E-state index in [-0.39, 0.29) is 23.9 Å². The second-order valence-electron chi connectivity index (χ2n) is 8.38. The Morgan fingerprint density at radius 1 is 1.28 bits per heavy atom. The van der Waals surface area contributed by atoms with Crippen molar-refractivity contribution in [3.05, 3.63) is 59.5 Å². The lowest BCUT2D eigenvalue weighted by atomic mass is 9.53. The molecule has 2 aromatic heterocycles. The Morgan fingerprint density at radius 2 is 2.10 bits per heavy atom. The van der Waals surface area contributed by atoms with Gasteiger partial charge in [-0.1, -0.05) is 37.3 Å². The molecule has 6 nitrogen and oxygen atoms in total. The first-order valence-corrected chi connectivity index (χ1v) is 10.4. The number of hydrogen-bond acceptors (Lipinski definition) is 4. The topological polar surface area (TPSA) is 83.8 Å². The van der Waals surface area contributed by atoms with Crippen molar-refractivity contribution in [2.75, 3.05) is 6.61 Å². The van der Waals surface area contributed by atoms with Crippen LogP contribution in [0.25, 0.3) is 11.3 Å². The SMILES string of the molecule is C[C@@H]1C(=O)CC[C@]2(c3ccccc3)c3[nH]nc(-c4cnn(CCO)c4)c3CC[C@@H]12. The van der Waals surface area contributed by atoms with Crippen LogP contribution in [0.15, 0.2) is 42.7 Å². The number of carbonyl (C=O) groups excluding carboxylic acids is 1. The first-order valence-electron chi connectivity index (χ1n) is 10.4. The Bertz CT molecular complexity index is 1040. The molecule has 1 aromatic carbocycles. The van der Waals surface area contributed by atoms with Crippen molar-refractivity contribution in [1.82, 2.24) is 20.0 Å². The van der Waals surface area contributed by atoms with Crippen molar-refractivity contribution >= 4 is 5.78 Å². The molecule has 0 bridgehead atoms. The number of aliphatic hydroxyl groups is 1. The van der Waals surface area contributed by atoms with Gasteiger partial charge in [-0.3, -0.25) is 14.6 Å². The van der Waals surface area contributed by atoms with Gasteiger partial charge in [-0.05, 0) is 30.7 Å². The fourth-order valence-corrected chi connectivity index (χ4v) is 5.66. The molecule has 0 amide bonds. The summed E-state index contributed by atoms with van der Waals surface area (Å²) in [4.78, 5) is 12.6. The highest BCUT2D eigenvalue weighted by Gasteiger charge is 2.53. The lowest BCUT2D eigenvalue weighted by molar-refractivity contribution is -0.128. The Hall–Kier alpha value is -2.73. The number of aliphatic hydroxyl groups excluding tert-OH is 1. The molecular formula is C23H26N4O2. The molecule has 3 aromatic rings. The molecule has 1 fully saturated rings. The fourth-order valence-electron chi connectivity index (χ4n) is 5.66. The normalized spacial score (nSPS) is 26.2. The molecule has 6 heteroatoms. The second-order valence-corrected chi connectivity index (χ2v) is 8.38. The molecule has 2 aliphatic carbocycles. The van der Waals surface area contributed by atoms with Gasteiger partial charge in [0.15, 0.2) is 0 Å². The molecule has 0 saturated heterocycles. The summed E-state index contributed by atoms with van der Waals surface area (Å²) in [6.45, 7) is 2.64. The van der Waals surface area contributed by atoms with Crippen LogP contribution in [0, 0.1) is 11.8 Å². The van der Waals surface area contributed by atoms with Gasteiger partial charge >= 0.3 is 0 Å². The number of rotatable bonds is 4. The molecular weight excluding hydrogens is 364 g/mol. The van der Waals surface area contributed by atoms with Gasteiger partial charge in [0.1, 0.15) is 5.78 Å². The maximum Gasteiger partial charge on any atom is 0.136 e. The number of fused-ring (bicyclic) bond motifs is 3. The van der Waals surface area contributed by atoms with Gasteiger partial charge in [0, 0.05) is 40.8 Å². The smallest absolute Gasteiger partial charge is 0.136 e. The van der Waals surface area contributed by atoms with Crippen LogP contribution in [0.1, 0.15) is 43.0 Å². The van der Waals surface area contributed by atoms with Crippen LogP contribution in [-0.4, -0.2) is 37.5 Å². The summed E-state index contributed by atoms with van der Waals surface area (Å²) < 4.78 is 1.75. The van der Waals surface area contributed by atoms with E-state index in [9.17, 15) is 9.90 Å². The lowest BCUT2D eigenvalue weighted by Crippen LogP contribution is -2.49. The summed E-state index contributed by atoms with van der Waals surface area (Å²) in [5.74, 6) is 0.718. The van der Waals surface area contributed by atoms with Crippen LogP contribution < -0.4 is 0 Å². The summed E-state index contributed by atoms with van der Waals surface area (Å²) in [7, 11) is 0. The van der Waals surface area contributed by atoms with E-state index in [0.717, 1.165) is 30.5 Å². The predicted octanol–water partition coefficient (Wildman–Crippen LogP) is 3.11.